The van der Waals surface area contributed by atoms with Gasteiger partial charge in [0.1, 0.15) is 11.3 Å². The van der Waals surface area contributed by atoms with Gasteiger partial charge in [-0.2, -0.15) is 4.98 Å². The fourth-order valence-corrected chi connectivity index (χ4v) is 1.73. The van der Waals surface area contributed by atoms with Crippen LogP contribution in [-0.2, 0) is 6.61 Å². The van der Waals surface area contributed by atoms with Crippen LogP contribution in [0, 0.1) is 0 Å². The molecule has 0 radical (unpaired) electrons. The van der Waals surface area contributed by atoms with E-state index in [-0.39, 0.29) is 18.3 Å². The van der Waals surface area contributed by atoms with Crippen LogP contribution >= 0.6 is 0 Å². The Morgan fingerprint density at radius 1 is 1.30 bits per heavy atom. The lowest BCUT2D eigenvalue weighted by molar-refractivity contribution is 0.0680. The Balaban J connectivity index is 1.81. The minimum atomic E-state index is -1.24. The highest BCUT2D eigenvalue weighted by Gasteiger charge is 2.13. The molecule has 0 aliphatic rings. The minimum Gasteiger partial charge on any atom is -0.481 e. The summed E-state index contributed by atoms with van der Waals surface area (Å²) in [5.41, 5.74) is 0.716. The molecule has 7 heteroatoms. The van der Waals surface area contributed by atoms with Gasteiger partial charge in [0.15, 0.2) is 6.61 Å². The van der Waals surface area contributed by atoms with Crippen molar-refractivity contribution in [2.45, 2.75) is 6.61 Å². The Bertz CT molecular complexity index is 764. The summed E-state index contributed by atoms with van der Waals surface area (Å²) in [6.07, 6.45) is 1.67. The minimum absolute atomic E-state index is 0.0179. The van der Waals surface area contributed by atoms with Crippen molar-refractivity contribution in [3.05, 3.63) is 48.2 Å². The van der Waals surface area contributed by atoms with E-state index in [4.69, 9.17) is 14.4 Å². The Morgan fingerprint density at radius 2 is 2.15 bits per heavy atom. The van der Waals surface area contributed by atoms with Crippen LogP contribution in [0.2, 0.25) is 0 Å². The van der Waals surface area contributed by atoms with Gasteiger partial charge in [-0.1, -0.05) is 18.2 Å². The third-order valence-corrected chi connectivity index (χ3v) is 2.61. The lowest BCUT2D eigenvalue weighted by Gasteiger charge is -2.05. The molecule has 3 rings (SSSR count). The summed E-state index contributed by atoms with van der Waals surface area (Å²) in [4.78, 5) is 18.6. The number of carboxylic acid groups (broad SMARTS) is 1. The van der Waals surface area contributed by atoms with E-state index >= 15 is 0 Å². The van der Waals surface area contributed by atoms with Gasteiger partial charge in [0.25, 0.3) is 11.7 Å². The number of pyridine rings is 1. The zero-order valence-corrected chi connectivity index (χ0v) is 10.2. The number of ether oxygens (including phenoxy) is 1. The van der Waals surface area contributed by atoms with E-state index in [0.717, 1.165) is 5.39 Å². The summed E-state index contributed by atoms with van der Waals surface area (Å²) in [6, 6.07) is 9.29. The lowest BCUT2D eigenvalue weighted by Crippen LogP contribution is -2.00. The highest BCUT2D eigenvalue weighted by atomic mass is 16.5. The van der Waals surface area contributed by atoms with Crippen LogP contribution in [-0.4, -0.2) is 26.2 Å². The lowest BCUT2D eigenvalue weighted by atomic mass is 10.2. The third kappa shape index (κ3) is 2.28. The van der Waals surface area contributed by atoms with Gasteiger partial charge < -0.3 is 14.4 Å². The second kappa shape index (κ2) is 4.96. The molecule has 0 atom stereocenters. The molecule has 7 nitrogen and oxygen atoms in total. The second-order valence-electron chi connectivity index (χ2n) is 3.94. The summed E-state index contributed by atoms with van der Waals surface area (Å²) in [5.74, 6) is -0.972. The van der Waals surface area contributed by atoms with Gasteiger partial charge in [0, 0.05) is 11.6 Å². The average molecular weight is 271 g/mol. The first kappa shape index (κ1) is 12.1. The summed E-state index contributed by atoms with van der Waals surface area (Å²) < 4.78 is 10.3. The first-order chi connectivity index (χ1) is 9.74. The molecule has 20 heavy (non-hydrogen) atoms. The third-order valence-electron chi connectivity index (χ3n) is 2.61. The maximum Gasteiger partial charge on any atom is 0.377 e. The topological polar surface area (TPSA) is 98.3 Å². The number of fused-ring (bicyclic) bond motifs is 1. The van der Waals surface area contributed by atoms with Crippen molar-refractivity contribution < 1.29 is 19.2 Å². The van der Waals surface area contributed by atoms with E-state index in [1.807, 2.05) is 24.3 Å². The zero-order valence-electron chi connectivity index (χ0n) is 10.2. The number of nitrogens with zero attached hydrogens (tertiary/aromatic N) is 3. The molecule has 0 saturated carbocycles. The quantitative estimate of drug-likeness (QED) is 0.773. The van der Waals surface area contributed by atoms with Crippen LogP contribution in [0.1, 0.15) is 16.5 Å². The highest BCUT2D eigenvalue weighted by molar-refractivity contribution is 5.84. The number of carboxylic acids is 1. The number of aromatic nitrogens is 3. The van der Waals surface area contributed by atoms with Crippen LogP contribution in [0.3, 0.4) is 0 Å². The number of aromatic carboxylic acids is 1. The molecule has 0 aliphatic carbocycles. The van der Waals surface area contributed by atoms with E-state index in [2.05, 4.69) is 15.1 Å². The Labute approximate surface area is 112 Å². The molecule has 0 aliphatic heterocycles. The molecule has 2 heterocycles. The first-order valence-corrected chi connectivity index (χ1v) is 5.76. The van der Waals surface area contributed by atoms with Crippen molar-refractivity contribution in [1.29, 1.82) is 0 Å². The van der Waals surface area contributed by atoms with E-state index in [1.54, 1.807) is 12.3 Å². The highest BCUT2D eigenvalue weighted by Crippen LogP contribution is 2.23. The van der Waals surface area contributed by atoms with Crippen molar-refractivity contribution in [2.75, 3.05) is 0 Å². The molecular weight excluding hydrogens is 262 g/mol. The van der Waals surface area contributed by atoms with Gasteiger partial charge in [0.2, 0.25) is 0 Å². The van der Waals surface area contributed by atoms with Gasteiger partial charge >= 0.3 is 5.97 Å². The monoisotopic (exact) mass is 271 g/mol. The Hall–Kier alpha value is -2.96. The number of benzene rings is 1. The van der Waals surface area contributed by atoms with Crippen LogP contribution in [0.5, 0.6) is 5.75 Å². The fraction of sp³-hybridized carbons (Fsp3) is 0.0769. The second-order valence-corrected chi connectivity index (χ2v) is 3.94. The molecule has 0 fully saturated rings. The van der Waals surface area contributed by atoms with Crippen LogP contribution in [0.15, 0.2) is 41.1 Å². The molecule has 0 unspecified atom stereocenters. The SMILES string of the molecule is O=C(O)c1noc(COc2cccc3cccnc23)n1. The molecule has 3 aromatic rings. The van der Waals surface area contributed by atoms with Gasteiger partial charge in [-0.15, -0.1) is 0 Å². The van der Waals surface area contributed by atoms with Crippen LogP contribution < -0.4 is 4.74 Å². The van der Waals surface area contributed by atoms with E-state index < -0.39 is 5.97 Å². The molecule has 100 valence electrons. The smallest absolute Gasteiger partial charge is 0.377 e. The summed E-state index contributed by atoms with van der Waals surface area (Å²) in [5, 5.41) is 12.9. The molecule has 0 saturated heterocycles. The fourth-order valence-electron chi connectivity index (χ4n) is 1.73. The molecular formula is C13H9N3O4. The van der Waals surface area contributed by atoms with Crippen LogP contribution in [0.25, 0.3) is 10.9 Å². The zero-order chi connectivity index (χ0) is 13.9. The van der Waals surface area contributed by atoms with Crippen LogP contribution in [0.4, 0.5) is 0 Å². The molecule has 2 aromatic heterocycles. The number of hydrogen-bond donors (Lipinski definition) is 1. The predicted molar refractivity (Wildman–Crippen MR) is 67.3 cm³/mol. The standard InChI is InChI=1S/C13H9N3O4/c17-13(18)12-15-10(20-16-12)7-19-9-5-1-3-8-4-2-6-14-11(8)9/h1-6H,7H2,(H,17,18). The molecule has 0 spiro atoms. The Kier molecular flexibility index (Phi) is 3.00. The number of para-hydroxylation sites is 1. The van der Waals surface area contributed by atoms with Gasteiger partial charge in [0.05, 0.1) is 0 Å². The molecule has 1 N–H and O–H groups in total. The summed E-state index contributed by atoms with van der Waals surface area (Å²) in [7, 11) is 0. The maximum absolute atomic E-state index is 10.6. The van der Waals surface area contributed by atoms with E-state index in [9.17, 15) is 4.79 Å². The van der Waals surface area contributed by atoms with E-state index in [0.29, 0.717) is 11.3 Å². The largest absolute Gasteiger partial charge is 0.481 e. The summed E-state index contributed by atoms with van der Waals surface area (Å²) in [6.45, 7) is -0.0179. The van der Waals surface area contributed by atoms with Gasteiger partial charge in [-0.05, 0) is 17.3 Å². The van der Waals surface area contributed by atoms with Crippen molar-refractivity contribution in [1.82, 2.24) is 15.1 Å². The predicted octanol–water partition coefficient (Wildman–Crippen LogP) is 1.90. The first-order valence-electron chi connectivity index (χ1n) is 5.76. The number of carbonyl (C=O) groups is 1. The number of rotatable bonds is 4. The normalized spacial score (nSPS) is 10.6. The number of hydrogen-bond acceptors (Lipinski definition) is 6. The molecule has 0 amide bonds. The van der Waals surface area contributed by atoms with Gasteiger partial charge in [-0.25, -0.2) is 4.79 Å². The Morgan fingerprint density at radius 3 is 2.95 bits per heavy atom. The summed E-state index contributed by atoms with van der Waals surface area (Å²) >= 11 is 0. The van der Waals surface area contributed by atoms with Crippen molar-refractivity contribution in [3.8, 4) is 5.75 Å². The van der Waals surface area contributed by atoms with Gasteiger partial charge in [-0.3, -0.25) is 4.98 Å². The van der Waals surface area contributed by atoms with Crippen molar-refractivity contribution in [3.63, 3.8) is 0 Å². The molecule has 0 bridgehead atoms. The van der Waals surface area contributed by atoms with E-state index in [1.165, 1.54) is 0 Å². The van der Waals surface area contributed by atoms with Crippen molar-refractivity contribution >= 4 is 16.9 Å². The molecule has 1 aromatic carbocycles. The average Bonchev–Trinajstić information content (AvgIpc) is 2.94. The van der Waals surface area contributed by atoms with Crippen molar-refractivity contribution in [2.24, 2.45) is 0 Å². The maximum atomic E-state index is 10.6.